The SMILES string of the molecule is Cc1ccccc1NC(=O)c1ccc(OCC(=O)Nc2cccc(Cl)c2Cl)cc1. The number of rotatable bonds is 6. The van der Waals surface area contributed by atoms with Crippen LogP contribution in [-0.2, 0) is 4.79 Å². The van der Waals surface area contributed by atoms with Gasteiger partial charge in [-0.25, -0.2) is 0 Å². The highest BCUT2D eigenvalue weighted by atomic mass is 35.5. The second-order valence-electron chi connectivity index (χ2n) is 6.23. The number of anilines is 2. The first-order valence-corrected chi connectivity index (χ1v) is 9.53. The van der Waals surface area contributed by atoms with E-state index in [0.717, 1.165) is 11.3 Å². The van der Waals surface area contributed by atoms with Gasteiger partial charge in [-0.3, -0.25) is 9.59 Å². The fourth-order valence-corrected chi connectivity index (χ4v) is 2.89. The minimum absolute atomic E-state index is 0.211. The van der Waals surface area contributed by atoms with Gasteiger partial charge in [0.1, 0.15) is 5.75 Å². The van der Waals surface area contributed by atoms with Crippen LogP contribution in [0.3, 0.4) is 0 Å². The lowest BCUT2D eigenvalue weighted by molar-refractivity contribution is -0.118. The van der Waals surface area contributed by atoms with Crippen molar-refractivity contribution in [3.8, 4) is 5.75 Å². The molecule has 2 N–H and O–H groups in total. The van der Waals surface area contributed by atoms with Crippen LogP contribution in [0.25, 0.3) is 0 Å². The van der Waals surface area contributed by atoms with Crippen molar-refractivity contribution in [1.29, 1.82) is 0 Å². The molecule has 0 unspecified atom stereocenters. The fraction of sp³-hybridized carbons (Fsp3) is 0.0909. The first kappa shape index (κ1) is 20.7. The van der Waals surface area contributed by atoms with Crippen LogP contribution in [0.15, 0.2) is 66.7 Å². The van der Waals surface area contributed by atoms with Crippen molar-refractivity contribution < 1.29 is 14.3 Å². The predicted molar refractivity (Wildman–Crippen MR) is 116 cm³/mol. The molecule has 0 saturated carbocycles. The molecule has 5 nitrogen and oxygen atoms in total. The molecule has 0 saturated heterocycles. The average molecular weight is 429 g/mol. The molecule has 0 heterocycles. The van der Waals surface area contributed by atoms with Crippen molar-refractivity contribution in [1.82, 2.24) is 0 Å². The summed E-state index contributed by atoms with van der Waals surface area (Å²) in [6.07, 6.45) is 0. The molecular formula is C22H18Cl2N2O3. The van der Waals surface area contributed by atoms with E-state index in [1.165, 1.54) is 0 Å². The summed E-state index contributed by atoms with van der Waals surface area (Å²) in [4.78, 5) is 24.4. The number of hydrogen-bond donors (Lipinski definition) is 2. The summed E-state index contributed by atoms with van der Waals surface area (Å²) in [5.41, 5.74) is 2.63. The molecule has 0 spiro atoms. The van der Waals surface area contributed by atoms with Crippen molar-refractivity contribution in [2.75, 3.05) is 17.2 Å². The molecule has 0 bridgehead atoms. The topological polar surface area (TPSA) is 67.4 Å². The molecule has 0 aliphatic rings. The van der Waals surface area contributed by atoms with Crippen LogP contribution >= 0.6 is 23.2 Å². The highest BCUT2D eigenvalue weighted by Crippen LogP contribution is 2.29. The lowest BCUT2D eigenvalue weighted by atomic mass is 10.1. The van der Waals surface area contributed by atoms with Gasteiger partial charge in [-0.15, -0.1) is 0 Å². The molecule has 0 aliphatic heterocycles. The predicted octanol–water partition coefficient (Wildman–Crippen LogP) is 5.57. The summed E-state index contributed by atoms with van der Waals surface area (Å²) in [5.74, 6) is -0.139. The maximum absolute atomic E-state index is 12.4. The molecule has 0 aromatic heterocycles. The zero-order valence-electron chi connectivity index (χ0n) is 15.5. The Kier molecular flexibility index (Phi) is 6.75. The number of benzene rings is 3. The van der Waals surface area contributed by atoms with Gasteiger partial charge in [0.25, 0.3) is 11.8 Å². The summed E-state index contributed by atoms with van der Waals surface area (Å²) < 4.78 is 5.46. The summed E-state index contributed by atoms with van der Waals surface area (Å²) >= 11 is 12.0. The lowest BCUT2D eigenvalue weighted by Gasteiger charge is -2.10. The normalized spacial score (nSPS) is 10.3. The van der Waals surface area contributed by atoms with Crippen molar-refractivity contribution in [2.24, 2.45) is 0 Å². The first-order chi connectivity index (χ1) is 13.9. The van der Waals surface area contributed by atoms with Gasteiger partial charge in [0.05, 0.1) is 15.7 Å². The first-order valence-electron chi connectivity index (χ1n) is 8.78. The van der Waals surface area contributed by atoms with E-state index in [1.54, 1.807) is 42.5 Å². The number of ether oxygens (including phenoxy) is 1. The van der Waals surface area contributed by atoms with Gasteiger partial charge in [-0.05, 0) is 55.0 Å². The Hall–Kier alpha value is -3.02. The molecule has 148 valence electrons. The molecule has 29 heavy (non-hydrogen) atoms. The Bertz CT molecular complexity index is 1040. The second kappa shape index (κ2) is 9.45. The van der Waals surface area contributed by atoms with Crippen molar-refractivity contribution in [2.45, 2.75) is 6.92 Å². The van der Waals surface area contributed by atoms with Crippen LogP contribution in [0.2, 0.25) is 10.0 Å². The van der Waals surface area contributed by atoms with E-state index in [2.05, 4.69) is 10.6 Å². The van der Waals surface area contributed by atoms with Crippen molar-refractivity contribution in [3.05, 3.63) is 87.9 Å². The summed E-state index contributed by atoms with van der Waals surface area (Å²) in [7, 11) is 0. The summed E-state index contributed by atoms with van der Waals surface area (Å²) in [6.45, 7) is 1.71. The number of amides is 2. The van der Waals surface area contributed by atoms with Crippen LogP contribution in [-0.4, -0.2) is 18.4 Å². The minimum Gasteiger partial charge on any atom is -0.484 e. The van der Waals surface area contributed by atoms with E-state index < -0.39 is 0 Å². The number of aryl methyl sites for hydroxylation is 1. The van der Waals surface area contributed by atoms with Gasteiger partial charge in [0, 0.05) is 11.3 Å². The number of hydrogen-bond acceptors (Lipinski definition) is 3. The van der Waals surface area contributed by atoms with Crippen LogP contribution in [0.5, 0.6) is 5.75 Å². The van der Waals surface area contributed by atoms with E-state index in [1.807, 2.05) is 31.2 Å². The standard InChI is InChI=1S/C22H18Cl2N2O3/c1-14-5-2-3-7-18(14)26-22(28)15-9-11-16(12-10-15)29-13-20(27)25-19-8-4-6-17(23)21(19)24/h2-12H,13H2,1H3,(H,25,27)(H,26,28). The maximum atomic E-state index is 12.4. The van der Waals surface area contributed by atoms with Crippen LogP contribution < -0.4 is 15.4 Å². The molecule has 0 fully saturated rings. The van der Waals surface area contributed by atoms with Gasteiger partial charge >= 0.3 is 0 Å². The van der Waals surface area contributed by atoms with E-state index in [9.17, 15) is 9.59 Å². The number of nitrogens with one attached hydrogen (secondary N) is 2. The van der Waals surface area contributed by atoms with Gasteiger partial charge < -0.3 is 15.4 Å². The van der Waals surface area contributed by atoms with E-state index in [0.29, 0.717) is 22.0 Å². The molecule has 0 aliphatic carbocycles. The highest BCUT2D eigenvalue weighted by Gasteiger charge is 2.10. The molecule has 3 aromatic rings. The maximum Gasteiger partial charge on any atom is 0.262 e. The Morgan fingerprint density at radius 1 is 0.862 bits per heavy atom. The molecular weight excluding hydrogens is 411 g/mol. The van der Waals surface area contributed by atoms with Gasteiger partial charge in [0.2, 0.25) is 0 Å². The van der Waals surface area contributed by atoms with Gasteiger partial charge in [-0.2, -0.15) is 0 Å². The third-order valence-electron chi connectivity index (χ3n) is 4.11. The number of carbonyl (C=O) groups is 2. The van der Waals surface area contributed by atoms with Crippen LogP contribution in [0.1, 0.15) is 15.9 Å². The van der Waals surface area contributed by atoms with Crippen molar-refractivity contribution in [3.63, 3.8) is 0 Å². The van der Waals surface area contributed by atoms with Crippen molar-refractivity contribution >= 4 is 46.4 Å². The Morgan fingerprint density at radius 3 is 2.28 bits per heavy atom. The Labute approximate surface area is 178 Å². The lowest BCUT2D eigenvalue weighted by Crippen LogP contribution is -2.20. The largest absolute Gasteiger partial charge is 0.484 e. The van der Waals surface area contributed by atoms with E-state index >= 15 is 0 Å². The van der Waals surface area contributed by atoms with E-state index in [4.69, 9.17) is 27.9 Å². The molecule has 3 rings (SSSR count). The molecule has 0 radical (unpaired) electrons. The summed E-state index contributed by atoms with van der Waals surface area (Å²) in [6, 6.07) is 19.0. The third-order valence-corrected chi connectivity index (χ3v) is 4.92. The molecule has 2 amide bonds. The highest BCUT2D eigenvalue weighted by molar-refractivity contribution is 6.44. The molecule has 7 heteroatoms. The third kappa shape index (κ3) is 5.50. The fourth-order valence-electron chi connectivity index (χ4n) is 2.55. The Balaban J connectivity index is 1.55. The minimum atomic E-state index is -0.379. The molecule has 3 aromatic carbocycles. The quantitative estimate of drug-likeness (QED) is 0.538. The monoisotopic (exact) mass is 428 g/mol. The van der Waals surface area contributed by atoms with E-state index in [-0.39, 0.29) is 23.4 Å². The average Bonchev–Trinajstić information content (AvgIpc) is 2.72. The summed E-state index contributed by atoms with van der Waals surface area (Å²) in [5, 5.41) is 6.13. The number of halogens is 2. The second-order valence-corrected chi connectivity index (χ2v) is 7.02. The van der Waals surface area contributed by atoms with Gasteiger partial charge in [0.15, 0.2) is 6.61 Å². The van der Waals surface area contributed by atoms with Gasteiger partial charge in [-0.1, -0.05) is 47.5 Å². The van der Waals surface area contributed by atoms with Crippen LogP contribution in [0, 0.1) is 6.92 Å². The smallest absolute Gasteiger partial charge is 0.262 e. The van der Waals surface area contributed by atoms with Crippen LogP contribution in [0.4, 0.5) is 11.4 Å². The Morgan fingerprint density at radius 2 is 1.55 bits per heavy atom. The number of carbonyl (C=O) groups excluding carboxylic acids is 2. The molecule has 0 atom stereocenters. The number of para-hydroxylation sites is 1. The zero-order valence-corrected chi connectivity index (χ0v) is 17.1. The zero-order chi connectivity index (χ0) is 20.8.